The summed E-state index contributed by atoms with van der Waals surface area (Å²) in [5.74, 6) is -2.22. The van der Waals surface area contributed by atoms with E-state index in [0.29, 0.717) is 38.9 Å². The summed E-state index contributed by atoms with van der Waals surface area (Å²) >= 11 is 3.66. The van der Waals surface area contributed by atoms with Crippen molar-refractivity contribution in [2.45, 2.75) is 81.4 Å². The molecule has 0 aromatic carbocycles. The molecule has 3 aliphatic heterocycles. The van der Waals surface area contributed by atoms with Crippen LogP contribution in [0.15, 0.2) is 12.7 Å². The molecule has 2 amide bonds. The maximum Gasteiger partial charge on any atom is 0.312 e. The second-order valence-corrected chi connectivity index (χ2v) is 10.7. The number of unbranched alkanes of at least 4 members (excludes halogenated alkanes) is 4. The standard InChI is InChI=1S/C25H39BrN2O6/c1-4-7-9-13-27(12-5-2)23(31)21-25-16-17(26)20(34-25)18(24(32)33-6-3)19(25)22(30)28(21)14-10-8-11-15-29/h5,17-21,29H,2,4,6-16H2,1,3H3/t17?,18-,19-,20-,21?,25?/m0/s1. The minimum atomic E-state index is -1.05. The topological polar surface area (TPSA) is 96.4 Å². The number of likely N-dealkylation sites (tertiary alicyclic amines) is 1. The smallest absolute Gasteiger partial charge is 0.312 e. The fraction of sp³-hybridized carbons (Fsp3) is 0.800. The first-order chi connectivity index (χ1) is 16.4. The molecular formula is C25H39BrN2O6. The number of hydrogen-bond acceptors (Lipinski definition) is 6. The van der Waals surface area contributed by atoms with Crippen molar-refractivity contribution in [3.63, 3.8) is 0 Å². The van der Waals surface area contributed by atoms with Gasteiger partial charge in [0.1, 0.15) is 11.6 Å². The number of carbonyl (C=O) groups excluding carboxylic acids is 3. The SMILES string of the molecule is C=CCN(CCCCC)C(=O)C1N(CCCCCO)C(=O)[C@@H]2[C@H](C(=O)OCC)[C@H]3OC12CC3Br. The number of alkyl halides is 1. The van der Waals surface area contributed by atoms with Crippen molar-refractivity contribution in [2.24, 2.45) is 11.8 Å². The van der Waals surface area contributed by atoms with Crippen molar-refractivity contribution >= 4 is 33.7 Å². The molecule has 0 aromatic heterocycles. The number of nitrogens with zero attached hydrogens (tertiary/aromatic N) is 2. The van der Waals surface area contributed by atoms with Crippen molar-refractivity contribution in [1.29, 1.82) is 0 Å². The van der Waals surface area contributed by atoms with Crippen LogP contribution in [-0.2, 0) is 23.9 Å². The Morgan fingerprint density at radius 2 is 2.06 bits per heavy atom. The van der Waals surface area contributed by atoms with Gasteiger partial charge >= 0.3 is 5.97 Å². The summed E-state index contributed by atoms with van der Waals surface area (Å²) in [6.45, 7) is 9.37. The van der Waals surface area contributed by atoms with E-state index in [1.165, 1.54) is 0 Å². The molecule has 3 heterocycles. The van der Waals surface area contributed by atoms with Gasteiger partial charge in [-0.2, -0.15) is 0 Å². The Hall–Kier alpha value is -1.45. The molecule has 6 atom stereocenters. The van der Waals surface area contributed by atoms with Crippen molar-refractivity contribution in [3.8, 4) is 0 Å². The van der Waals surface area contributed by atoms with Crippen molar-refractivity contribution < 1.29 is 29.0 Å². The van der Waals surface area contributed by atoms with Gasteiger partial charge in [-0.15, -0.1) is 6.58 Å². The lowest BCUT2D eigenvalue weighted by molar-refractivity contribution is -0.154. The van der Waals surface area contributed by atoms with Gasteiger partial charge in [-0.05, 0) is 39.0 Å². The molecule has 3 aliphatic rings. The van der Waals surface area contributed by atoms with E-state index >= 15 is 0 Å². The molecule has 8 nitrogen and oxygen atoms in total. The fourth-order valence-electron chi connectivity index (χ4n) is 5.90. The van der Waals surface area contributed by atoms with Gasteiger partial charge in [0, 0.05) is 31.1 Å². The van der Waals surface area contributed by atoms with Crippen LogP contribution in [0.3, 0.4) is 0 Å². The maximum atomic E-state index is 14.0. The van der Waals surface area contributed by atoms with Crippen LogP contribution in [-0.4, -0.2) is 88.1 Å². The molecule has 0 aromatic rings. The molecule has 34 heavy (non-hydrogen) atoms. The quantitative estimate of drug-likeness (QED) is 0.157. The molecule has 1 spiro atoms. The predicted octanol–water partition coefficient (Wildman–Crippen LogP) is 2.66. The van der Waals surface area contributed by atoms with Gasteiger partial charge in [-0.3, -0.25) is 14.4 Å². The third-order valence-electron chi connectivity index (χ3n) is 7.33. The van der Waals surface area contributed by atoms with Gasteiger partial charge in [0.15, 0.2) is 0 Å². The molecule has 192 valence electrons. The molecule has 0 saturated carbocycles. The van der Waals surface area contributed by atoms with Crippen molar-refractivity contribution in [3.05, 3.63) is 12.7 Å². The van der Waals surface area contributed by atoms with E-state index in [1.807, 2.05) is 0 Å². The third-order valence-corrected chi connectivity index (χ3v) is 8.18. The lowest BCUT2D eigenvalue weighted by Crippen LogP contribution is -2.57. The van der Waals surface area contributed by atoms with E-state index in [2.05, 4.69) is 29.4 Å². The summed E-state index contributed by atoms with van der Waals surface area (Å²) in [6, 6.07) is -0.787. The second kappa shape index (κ2) is 12.0. The zero-order valence-corrected chi connectivity index (χ0v) is 22.0. The highest BCUT2D eigenvalue weighted by atomic mass is 79.9. The molecule has 3 unspecified atom stereocenters. The summed E-state index contributed by atoms with van der Waals surface area (Å²) in [5, 5.41) is 9.15. The van der Waals surface area contributed by atoms with Crippen LogP contribution in [0.2, 0.25) is 0 Å². The van der Waals surface area contributed by atoms with E-state index in [1.54, 1.807) is 22.8 Å². The Morgan fingerprint density at radius 3 is 2.71 bits per heavy atom. The van der Waals surface area contributed by atoms with Crippen LogP contribution in [0.4, 0.5) is 0 Å². The summed E-state index contributed by atoms with van der Waals surface area (Å²) in [6.07, 6.45) is 6.69. The molecule has 3 rings (SSSR count). The molecule has 0 radical (unpaired) electrons. The van der Waals surface area contributed by atoms with Crippen LogP contribution < -0.4 is 0 Å². The number of halogens is 1. The van der Waals surface area contributed by atoms with Crippen LogP contribution in [0.1, 0.15) is 58.8 Å². The lowest BCUT2D eigenvalue weighted by Gasteiger charge is -2.37. The van der Waals surface area contributed by atoms with Crippen molar-refractivity contribution in [2.75, 3.05) is 32.8 Å². The van der Waals surface area contributed by atoms with E-state index in [0.717, 1.165) is 25.7 Å². The monoisotopic (exact) mass is 542 g/mol. The summed E-state index contributed by atoms with van der Waals surface area (Å²) in [7, 11) is 0. The average Bonchev–Trinajstić information content (AvgIpc) is 3.39. The van der Waals surface area contributed by atoms with Gasteiger partial charge in [0.2, 0.25) is 11.8 Å². The third kappa shape index (κ3) is 4.93. The number of esters is 1. The van der Waals surface area contributed by atoms with Crippen LogP contribution in [0.5, 0.6) is 0 Å². The van der Waals surface area contributed by atoms with Gasteiger partial charge < -0.3 is 24.4 Å². The number of rotatable bonds is 14. The zero-order valence-electron chi connectivity index (χ0n) is 20.4. The molecule has 2 bridgehead atoms. The largest absolute Gasteiger partial charge is 0.466 e. The van der Waals surface area contributed by atoms with E-state index in [4.69, 9.17) is 14.6 Å². The van der Waals surface area contributed by atoms with E-state index in [9.17, 15) is 14.4 Å². The highest BCUT2D eigenvalue weighted by Crippen LogP contribution is 2.60. The first kappa shape index (κ1) is 27.1. The Bertz CT molecular complexity index is 764. The van der Waals surface area contributed by atoms with Crippen LogP contribution in [0, 0.1) is 11.8 Å². The van der Waals surface area contributed by atoms with E-state index in [-0.39, 0.29) is 29.9 Å². The Kier molecular flexibility index (Phi) is 9.57. The minimum Gasteiger partial charge on any atom is -0.466 e. The summed E-state index contributed by atoms with van der Waals surface area (Å²) in [5.41, 5.74) is -1.05. The Balaban J connectivity index is 1.96. The Morgan fingerprint density at radius 1 is 1.29 bits per heavy atom. The second-order valence-electron chi connectivity index (χ2n) is 9.51. The number of carbonyl (C=O) groups is 3. The van der Waals surface area contributed by atoms with Gasteiger partial charge in [0.25, 0.3) is 0 Å². The summed E-state index contributed by atoms with van der Waals surface area (Å²) < 4.78 is 11.8. The van der Waals surface area contributed by atoms with Crippen LogP contribution in [0.25, 0.3) is 0 Å². The molecule has 3 fully saturated rings. The van der Waals surface area contributed by atoms with Crippen LogP contribution >= 0.6 is 15.9 Å². The number of aliphatic hydroxyl groups excluding tert-OH is 1. The number of aliphatic hydroxyl groups is 1. The molecule has 3 saturated heterocycles. The number of fused-ring (bicyclic) bond motifs is 1. The summed E-state index contributed by atoms with van der Waals surface area (Å²) in [4.78, 5) is 44.1. The zero-order chi connectivity index (χ0) is 24.9. The minimum absolute atomic E-state index is 0.0917. The first-order valence-corrected chi connectivity index (χ1v) is 13.6. The van der Waals surface area contributed by atoms with Gasteiger partial charge in [0.05, 0.1) is 24.5 Å². The first-order valence-electron chi connectivity index (χ1n) is 12.7. The Labute approximate surface area is 211 Å². The number of amides is 2. The van der Waals surface area contributed by atoms with Gasteiger partial charge in [-0.1, -0.05) is 41.8 Å². The van der Waals surface area contributed by atoms with Gasteiger partial charge in [-0.25, -0.2) is 0 Å². The maximum absolute atomic E-state index is 14.0. The highest BCUT2D eigenvalue weighted by molar-refractivity contribution is 9.09. The predicted molar refractivity (Wildman–Crippen MR) is 131 cm³/mol. The number of ether oxygens (including phenoxy) is 2. The molecular weight excluding hydrogens is 504 g/mol. The fourth-order valence-corrected chi connectivity index (χ4v) is 6.84. The average molecular weight is 543 g/mol. The molecule has 1 N–H and O–H groups in total. The highest BCUT2D eigenvalue weighted by Gasteiger charge is 2.77. The number of hydrogen-bond donors (Lipinski definition) is 1. The normalized spacial score (nSPS) is 31.6. The van der Waals surface area contributed by atoms with Crippen molar-refractivity contribution in [1.82, 2.24) is 9.80 Å². The lowest BCUT2D eigenvalue weighted by atomic mass is 9.70. The molecule has 9 heteroatoms. The van der Waals surface area contributed by atoms with E-state index < -0.39 is 35.6 Å². The molecule has 0 aliphatic carbocycles.